The summed E-state index contributed by atoms with van der Waals surface area (Å²) in [6.07, 6.45) is 0.970. The molecule has 0 radical (unpaired) electrons. The maximum absolute atomic E-state index is 13.4. The maximum atomic E-state index is 13.4. The topological polar surface area (TPSA) is 54.9 Å². The largest absolute Gasteiger partial charge is 0.493 e. The van der Waals surface area contributed by atoms with Crippen LogP contribution in [0.5, 0.6) is 11.5 Å². The minimum Gasteiger partial charge on any atom is -0.493 e. The highest BCUT2D eigenvalue weighted by Crippen LogP contribution is 2.35. The number of methoxy groups -OCH3 is 2. The van der Waals surface area contributed by atoms with Gasteiger partial charge in [0.2, 0.25) is 0 Å². The van der Waals surface area contributed by atoms with Gasteiger partial charge in [0, 0.05) is 38.3 Å². The smallest absolute Gasteiger partial charge is 0.265 e. The molecule has 0 bridgehead atoms. The Morgan fingerprint density at radius 3 is 2.55 bits per heavy atom. The second kappa shape index (κ2) is 10.4. The third-order valence-electron chi connectivity index (χ3n) is 6.15. The number of aryl methyl sites for hydroxylation is 2. The lowest BCUT2D eigenvalue weighted by Gasteiger charge is -2.22. The van der Waals surface area contributed by atoms with Gasteiger partial charge in [-0.15, -0.1) is 11.3 Å². The molecule has 0 atom stereocenters. The van der Waals surface area contributed by atoms with Crippen LogP contribution < -0.4 is 9.47 Å². The average molecular weight is 466 g/mol. The molecule has 0 unspecified atom stereocenters. The quantitative estimate of drug-likeness (QED) is 0.524. The third kappa shape index (κ3) is 5.20. The first-order chi connectivity index (χ1) is 16.0. The lowest BCUT2D eigenvalue weighted by molar-refractivity contribution is 0.0765. The van der Waals surface area contributed by atoms with Crippen molar-refractivity contribution in [2.24, 2.45) is 0 Å². The van der Waals surface area contributed by atoms with Gasteiger partial charge in [0.15, 0.2) is 11.5 Å². The number of thiazole rings is 1. The Balaban J connectivity index is 1.46. The molecule has 33 heavy (non-hydrogen) atoms. The molecule has 1 fully saturated rings. The van der Waals surface area contributed by atoms with Crippen LogP contribution in [0, 0.1) is 13.8 Å². The molecule has 0 N–H and O–H groups in total. The minimum atomic E-state index is 0.0782. The molecular formula is C26H31N3O3S. The SMILES string of the molecule is COc1ccc(-c2nc(C)c(C(=O)N3CCCN(Cc4ccccc4C)CC3)s2)cc1OC. The fourth-order valence-corrected chi connectivity index (χ4v) is 5.22. The van der Waals surface area contributed by atoms with Crippen molar-refractivity contribution in [3.05, 3.63) is 64.2 Å². The number of ether oxygens (including phenoxy) is 2. The average Bonchev–Trinajstić information content (AvgIpc) is 3.07. The van der Waals surface area contributed by atoms with E-state index in [1.807, 2.05) is 30.0 Å². The Morgan fingerprint density at radius 2 is 1.79 bits per heavy atom. The minimum absolute atomic E-state index is 0.0782. The number of carbonyl (C=O) groups excluding carboxylic acids is 1. The molecule has 1 amide bonds. The predicted octanol–water partition coefficient (Wildman–Crippen LogP) is 4.79. The molecule has 2 heterocycles. The second-order valence-electron chi connectivity index (χ2n) is 8.35. The van der Waals surface area contributed by atoms with Crippen molar-refractivity contribution in [3.8, 4) is 22.1 Å². The number of aromatic nitrogens is 1. The first-order valence-electron chi connectivity index (χ1n) is 11.3. The van der Waals surface area contributed by atoms with E-state index in [0.29, 0.717) is 16.4 Å². The summed E-state index contributed by atoms with van der Waals surface area (Å²) in [4.78, 5) is 23.2. The summed E-state index contributed by atoms with van der Waals surface area (Å²) in [5, 5.41) is 0.813. The first-order valence-corrected chi connectivity index (χ1v) is 12.1. The van der Waals surface area contributed by atoms with Gasteiger partial charge in [0.05, 0.1) is 19.9 Å². The summed E-state index contributed by atoms with van der Waals surface area (Å²) in [7, 11) is 3.23. The molecule has 2 aromatic carbocycles. The highest BCUT2D eigenvalue weighted by atomic mass is 32.1. The van der Waals surface area contributed by atoms with Crippen molar-refractivity contribution in [1.82, 2.24) is 14.8 Å². The van der Waals surface area contributed by atoms with Crippen LogP contribution in [0.2, 0.25) is 0 Å². The Bertz CT molecular complexity index is 1130. The van der Waals surface area contributed by atoms with Gasteiger partial charge in [-0.05, 0) is 49.6 Å². The van der Waals surface area contributed by atoms with Gasteiger partial charge in [-0.1, -0.05) is 24.3 Å². The highest BCUT2D eigenvalue weighted by molar-refractivity contribution is 7.17. The van der Waals surface area contributed by atoms with E-state index in [0.717, 1.165) is 55.4 Å². The normalized spacial score (nSPS) is 14.7. The number of nitrogens with zero attached hydrogens (tertiary/aromatic N) is 3. The standard InChI is InChI=1S/C26H31N3O3S/c1-18-8-5-6-9-21(18)17-28-12-7-13-29(15-14-28)26(30)24-19(2)27-25(33-24)20-10-11-22(31-3)23(16-20)32-4/h5-6,8-11,16H,7,12-15,17H2,1-4H3. The molecule has 1 aromatic heterocycles. The molecular weight excluding hydrogens is 434 g/mol. The van der Waals surface area contributed by atoms with Crippen LogP contribution in [-0.4, -0.2) is 61.1 Å². The van der Waals surface area contributed by atoms with Crippen LogP contribution >= 0.6 is 11.3 Å². The second-order valence-corrected chi connectivity index (χ2v) is 9.35. The fourth-order valence-electron chi connectivity index (χ4n) is 4.19. The lowest BCUT2D eigenvalue weighted by Crippen LogP contribution is -2.35. The third-order valence-corrected chi connectivity index (χ3v) is 7.35. The summed E-state index contributed by atoms with van der Waals surface area (Å²) in [6, 6.07) is 14.2. The zero-order valence-electron chi connectivity index (χ0n) is 19.8. The van der Waals surface area contributed by atoms with Gasteiger partial charge >= 0.3 is 0 Å². The molecule has 0 saturated carbocycles. The highest BCUT2D eigenvalue weighted by Gasteiger charge is 2.25. The molecule has 7 heteroatoms. The summed E-state index contributed by atoms with van der Waals surface area (Å²) in [5.41, 5.74) is 4.36. The zero-order chi connectivity index (χ0) is 23.4. The van der Waals surface area contributed by atoms with E-state index >= 15 is 0 Å². The summed E-state index contributed by atoms with van der Waals surface area (Å²) >= 11 is 1.45. The van der Waals surface area contributed by atoms with E-state index in [1.54, 1.807) is 14.2 Å². The Labute approximate surface area is 199 Å². The van der Waals surface area contributed by atoms with E-state index in [4.69, 9.17) is 14.5 Å². The molecule has 0 aliphatic carbocycles. The van der Waals surface area contributed by atoms with Crippen LogP contribution in [0.3, 0.4) is 0 Å². The van der Waals surface area contributed by atoms with Gasteiger partial charge in [-0.3, -0.25) is 9.69 Å². The number of carbonyl (C=O) groups is 1. The maximum Gasteiger partial charge on any atom is 0.265 e. The molecule has 0 spiro atoms. The number of benzene rings is 2. The number of rotatable bonds is 6. The van der Waals surface area contributed by atoms with Gasteiger partial charge in [0.1, 0.15) is 9.88 Å². The molecule has 1 aliphatic rings. The molecule has 174 valence electrons. The fraction of sp³-hybridized carbons (Fsp3) is 0.385. The van der Waals surface area contributed by atoms with Crippen molar-refractivity contribution in [2.45, 2.75) is 26.8 Å². The summed E-state index contributed by atoms with van der Waals surface area (Å²) in [5.74, 6) is 1.40. The van der Waals surface area contributed by atoms with Crippen molar-refractivity contribution in [3.63, 3.8) is 0 Å². The number of amides is 1. The van der Waals surface area contributed by atoms with E-state index in [9.17, 15) is 4.79 Å². The van der Waals surface area contributed by atoms with Gasteiger partial charge in [-0.2, -0.15) is 0 Å². The van der Waals surface area contributed by atoms with Gasteiger partial charge in [-0.25, -0.2) is 4.98 Å². The van der Waals surface area contributed by atoms with Crippen LogP contribution in [0.4, 0.5) is 0 Å². The van der Waals surface area contributed by atoms with Crippen LogP contribution in [0.15, 0.2) is 42.5 Å². The van der Waals surface area contributed by atoms with Gasteiger partial charge < -0.3 is 14.4 Å². The Hall–Kier alpha value is -2.90. The Kier molecular flexibility index (Phi) is 7.30. The van der Waals surface area contributed by atoms with Crippen molar-refractivity contribution in [2.75, 3.05) is 40.4 Å². The molecule has 3 aromatic rings. The predicted molar refractivity (Wildman–Crippen MR) is 132 cm³/mol. The van der Waals surface area contributed by atoms with E-state index in [2.05, 4.69) is 36.1 Å². The van der Waals surface area contributed by atoms with E-state index < -0.39 is 0 Å². The van der Waals surface area contributed by atoms with E-state index in [-0.39, 0.29) is 5.91 Å². The van der Waals surface area contributed by atoms with Crippen molar-refractivity contribution in [1.29, 1.82) is 0 Å². The van der Waals surface area contributed by atoms with Gasteiger partial charge in [0.25, 0.3) is 5.91 Å². The number of hydrogen-bond donors (Lipinski definition) is 0. The molecule has 6 nitrogen and oxygen atoms in total. The summed E-state index contributed by atoms with van der Waals surface area (Å²) in [6.45, 7) is 8.37. The molecule has 1 aliphatic heterocycles. The lowest BCUT2D eigenvalue weighted by atomic mass is 10.1. The van der Waals surface area contributed by atoms with Crippen LogP contribution in [0.25, 0.3) is 10.6 Å². The first kappa shape index (κ1) is 23.3. The van der Waals surface area contributed by atoms with Crippen molar-refractivity contribution >= 4 is 17.2 Å². The zero-order valence-corrected chi connectivity index (χ0v) is 20.6. The van der Waals surface area contributed by atoms with E-state index in [1.165, 1.54) is 22.5 Å². The molecule has 1 saturated heterocycles. The van der Waals surface area contributed by atoms with Crippen LogP contribution in [-0.2, 0) is 6.54 Å². The Morgan fingerprint density at radius 1 is 1.00 bits per heavy atom. The molecule has 4 rings (SSSR count). The van der Waals surface area contributed by atoms with Crippen LogP contribution in [0.1, 0.15) is 32.9 Å². The monoisotopic (exact) mass is 465 g/mol. The van der Waals surface area contributed by atoms with Crippen molar-refractivity contribution < 1.29 is 14.3 Å². The number of hydrogen-bond acceptors (Lipinski definition) is 6. The summed E-state index contributed by atoms with van der Waals surface area (Å²) < 4.78 is 10.8.